The van der Waals surface area contributed by atoms with Crippen LogP contribution < -0.4 is 5.32 Å². The van der Waals surface area contributed by atoms with Gasteiger partial charge in [-0.15, -0.1) is 0 Å². The molecule has 106 valence electrons. The molecule has 1 fully saturated rings. The highest BCUT2D eigenvalue weighted by Gasteiger charge is 2.39. The number of hydrogen-bond donors (Lipinski definition) is 1. The largest absolute Gasteiger partial charge is 0.381 e. The molecule has 2 rings (SSSR count). The van der Waals surface area contributed by atoms with Crippen LogP contribution in [0.2, 0.25) is 0 Å². The molecule has 1 atom stereocenters. The summed E-state index contributed by atoms with van der Waals surface area (Å²) in [5.41, 5.74) is 0.145. The summed E-state index contributed by atoms with van der Waals surface area (Å²) < 4.78 is 15.2. The molecular weight excluding hydrogens is 264 g/mol. The molecule has 1 aliphatic rings. The number of methoxy groups -OCH3 is 1. The number of aromatic nitrogens is 1. The van der Waals surface area contributed by atoms with Gasteiger partial charge in [0.25, 0.3) is 5.91 Å². The molecule has 1 amide bonds. The average Bonchev–Trinajstić information content (AvgIpc) is 2.86. The van der Waals surface area contributed by atoms with Gasteiger partial charge in [-0.2, -0.15) is 4.37 Å². The standard InChI is InChI=1S/C13H20N2O3S/c1-9-8-11(15-19-9)12(16)14-10(2)13(17-3)4-6-18-7-5-13/h8,10H,4-7H2,1-3H3,(H,14,16)/t10-/m1/s1. The molecule has 5 nitrogen and oxygen atoms in total. The molecule has 0 spiro atoms. The molecule has 0 radical (unpaired) electrons. The summed E-state index contributed by atoms with van der Waals surface area (Å²) in [6.07, 6.45) is 1.59. The highest BCUT2D eigenvalue weighted by molar-refractivity contribution is 7.05. The fourth-order valence-electron chi connectivity index (χ4n) is 2.41. The minimum atomic E-state index is -0.334. The molecule has 0 unspecified atom stereocenters. The average molecular weight is 284 g/mol. The van der Waals surface area contributed by atoms with Gasteiger partial charge >= 0.3 is 0 Å². The van der Waals surface area contributed by atoms with Gasteiger partial charge in [-0.25, -0.2) is 0 Å². The van der Waals surface area contributed by atoms with E-state index < -0.39 is 0 Å². The third-order valence-electron chi connectivity index (χ3n) is 3.74. The van der Waals surface area contributed by atoms with E-state index in [1.54, 1.807) is 13.2 Å². The fraction of sp³-hybridized carbons (Fsp3) is 0.692. The Balaban J connectivity index is 2.02. The Hall–Kier alpha value is -0.980. The van der Waals surface area contributed by atoms with Gasteiger partial charge in [-0.1, -0.05) is 0 Å². The Morgan fingerprint density at radius 1 is 1.58 bits per heavy atom. The van der Waals surface area contributed by atoms with Crippen molar-refractivity contribution < 1.29 is 14.3 Å². The zero-order chi connectivity index (χ0) is 13.9. The van der Waals surface area contributed by atoms with Crippen LogP contribution >= 0.6 is 11.5 Å². The van der Waals surface area contributed by atoms with Gasteiger partial charge in [0.05, 0.1) is 11.6 Å². The predicted molar refractivity (Wildman–Crippen MR) is 73.6 cm³/mol. The normalized spacial score (nSPS) is 19.9. The van der Waals surface area contributed by atoms with Crippen LogP contribution in [0.3, 0.4) is 0 Å². The number of nitrogens with zero attached hydrogens (tertiary/aromatic N) is 1. The van der Waals surface area contributed by atoms with Gasteiger partial charge in [0.2, 0.25) is 0 Å². The zero-order valence-corrected chi connectivity index (χ0v) is 12.4. The summed E-state index contributed by atoms with van der Waals surface area (Å²) in [7, 11) is 1.70. The van der Waals surface area contributed by atoms with Crippen molar-refractivity contribution in [1.29, 1.82) is 0 Å². The van der Waals surface area contributed by atoms with Crippen molar-refractivity contribution in [3.63, 3.8) is 0 Å². The van der Waals surface area contributed by atoms with Crippen LogP contribution in [0.5, 0.6) is 0 Å². The Morgan fingerprint density at radius 2 is 2.26 bits per heavy atom. The summed E-state index contributed by atoms with van der Waals surface area (Å²) in [4.78, 5) is 13.1. The number of rotatable bonds is 4. The third kappa shape index (κ3) is 3.13. The highest BCUT2D eigenvalue weighted by atomic mass is 32.1. The van der Waals surface area contributed by atoms with Gasteiger partial charge < -0.3 is 14.8 Å². The van der Waals surface area contributed by atoms with Crippen LogP contribution in [0.1, 0.15) is 35.1 Å². The first-order chi connectivity index (χ1) is 9.07. The molecular formula is C13H20N2O3S. The number of amides is 1. The van der Waals surface area contributed by atoms with Crippen LogP contribution in [0.15, 0.2) is 6.07 Å². The SMILES string of the molecule is COC1([C@@H](C)NC(=O)c2cc(C)sn2)CCOCC1. The monoisotopic (exact) mass is 284 g/mol. The third-order valence-corrected chi connectivity index (χ3v) is 4.44. The lowest BCUT2D eigenvalue weighted by atomic mass is 9.87. The lowest BCUT2D eigenvalue weighted by molar-refractivity contribution is -0.105. The van der Waals surface area contributed by atoms with Crippen molar-refractivity contribution in [3.8, 4) is 0 Å². The van der Waals surface area contributed by atoms with Gasteiger partial charge in [0.1, 0.15) is 5.69 Å². The van der Waals surface area contributed by atoms with E-state index in [4.69, 9.17) is 9.47 Å². The Labute approximate surface area is 117 Å². The summed E-state index contributed by atoms with van der Waals surface area (Å²) in [6.45, 7) is 5.26. The number of ether oxygens (including phenoxy) is 2. The van der Waals surface area contributed by atoms with Crippen molar-refractivity contribution in [3.05, 3.63) is 16.6 Å². The van der Waals surface area contributed by atoms with Gasteiger partial charge in [-0.05, 0) is 31.4 Å². The maximum atomic E-state index is 12.1. The van der Waals surface area contributed by atoms with Crippen molar-refractivity contribution in [2.24, 2.45) is 0 Å². The van der Waals surface area contributed by atoms with Crippen LogP contribution in [0, 0.1) is 6.92 Å². The van der Waals surface area contributed by atoms with Gasteiger partial charge in [0.15, 0.2) is 0 Å². The summed E-state index contributed by atoms with van der Waals surface area (Å²) in [5.74, 6) is -0.139. The number of carbonyl (C=O) groups excluding carboxylic acids is 1. The van der Waals surface area contributed by atoms with Crippen LogP contribution in [0.25, 0.3) is 0 Å². The lowest BCUT2D eigenvalue weighted by Crippen LogP contribution is -2.55. The fourth-order valence-corrected chi connectivity index (χ4v) is 2.95. The van der Waals surface area contributed by atoms with Crippen LogP contribution in [-0.4, -0.2) is 42.2 Å². The zero-order valence-electron chi connectivity index (χ0n) is 11.6. The summed E-state index contributed by atoms with van der Waals surface area (Å²) in [5, 5.41) is 3.00. The predicted octanol–water partition coefficient (Wildman–Crippen LogP) is 1.77. The molecule has 1 saturated heterocycles. The van der Waals surface area contributed by atoms with Crippen molar-refractivity contribution in [2.75, 3.05) is 20.3 Å². The molecule has 0 saturated carbocycles. The molecule has 1 aromatic rings. The number of nitrogens with one attached hydrogen (secondary N) is 1. The molecule has 0 aromatic carbocycles. The molecule has 2 heterocycles. The molecule has 0 aliphatic carbocycles. The minimum Gasteiger partial charge on any atom is -0.381 e. The molecule has 19 heavy (non-hydrogen) atoms. The lowest BCUT2D eigenvalue weighted by Gasteiger charge is -2.40. The second kappa shape index (κ2) is 5.98. The van der Waals surface area contributed by atoms with E-state index in [1.807, 2.05) is 13.8 Å². The molecule has 6 heteroatoms. The molecule has 1 aliphatic heterocycles. The quantitative estimate of drug-likeness (QED) is 0.915. The first kappa shape index (κ1) is 14.4. The van der Waals surface area contributed by atoms with Gasteiger partial charge in [-0.3, -0.25) is 4.79 Å². The maximum absolute atomic E-state index is 12.1. The van der Waals surface area contributed by atoms with Crippen LogP contribution in [0.4, 0.5) is 0 Å². The Bertz CT molecular complexity index is 441. The van der Waals surface area contributed by atoms with E-state index in [1.165, 1.54) is 11.5 Å². The van der Waals surface area contributed by atoms with Crippen molar-refractivity contribution in [1.82, 2.24) is 9.69 Å². The Morgan fingerprint density at radius 3 is 2.79 bits per heavy atom. The van der Waals surface area contributed by atoms with E-state index in [-0.39, 0.29) is 17.6 Å². The first-order valence-corrected chi connectivity index (χ1v) is 7.22. The van der Waals surface area contributed by atoms with E-state index >= 15 is 0 Å². The van der Waals surface area contributed by atoms with E-state index in [9.17, 15) is 4.79 Å². The molecule has 1 aromatic heterocycles. The maximum Gasteiger partial charge on any atom is 0.271 e. The van der Waals surface area contributed by atoms with E-state index in [0.29, 0.717) is 18.9 Å². The van der Waals surface area contributed by atoms with E-state index in [0.717, 1.165) is 17.7 Å². The molecule has 1 N–H and O–H groups in total. The van der Waals surface area contributed by atoms with Gasteiger partial charge in [0, 0.05) is 38.0 Å². The minimum absolute atomic E-state index is 0.0732. The van der Waals surface area contributed by atoms with Crippen molar-refractivity contribution >= 4 is 17.4 Å². The number of carbonyl (C=O) groups is 1. The van der Waals surface area contributed by atoms with E-state index in [2.05, 4.69) is 9.69 Å². The number of hydrogen-bond acceptors (Lipinski definition) is 5. The second-order valence-electron chi connectivity index (χ2n) is 4.90. The Kier molecular flexibility index (Phi) is 4.54. The highest BCUT2D eigenvalue weighted by Crippen LogP contribution is 2.28. The summed E-state index contributed by atoms with van der Waals surface area (Å²) >= 11 is 1.34. The second-order valence-corrected chi connectivity index (χ2v) is 5.91. The molecule has 0 bridgehead atoms. The smallest absolute Gasteiger partial charge is 0.271 e. The topological polar surface area (TPSA) is 60.5 Å². The first-order valence-electron chi connectivity index (χ1n) is 6.44. The van der Waals surface area contributed by atoms with Crippen LogP contribution in [-0.2, 0) is 9.47 Å². The number of aryl methyl sites for hydroxylation is 1. The summed E-state index contributed by atoms with van der Waals surface area (Å²) in [6, 6.07) is 1.73. The van der Waals surface area contributed by atoms with Crippen molar-refractivity contribution in [2.45, 2.75) is 38.3 Å².